The topological polar surface area (TPSA) is 57.0 Å². The van der Waals surface area contributed by atoms with Crippen molar-refractivity contribution in [3.63, 3.8) is 0 Å². The number of esters is 1. The molecule has 0 amide bonds. The van der Waals surface area contributed by atoms with Gasteiger partial charge in [0, 0.05) is 6.08 Å². The normalized spacial score (nSPS) is 10.6. The smallest absolute Gasteiger partial charge is 0.330 e. The summed E-state index contributed by atoms with van der Waals surface area (Å²) < 4.78 is 6.17. The second-order valence-electron chi connectivity index (χ2n) is 3.29. The number of nitrogens with zero attached hydrogens (tertiary/aromatic N) is 3. The van der Waals surface area contributed by atoms with Crippen molar-refractivity contribution in [2.45, 2.75) is 0 Å². The van der Waals surface area contributed by atoms with E-state index in [4.69, 9.17) is 0 Å². The minimum Gasteiger partial charge on any atom is -0.466 e. The van der Waals surface area contributed by atoms with E-state index in [2.05, 4.69) is 14.8 Å². The number of methoxy groups -OCH3 is 1. The maximum Gasteiger partial charge on any atom is 0.330 e. The molecule has 86 valence electrons. The Labute approximate surface area is 98.4 Å². The third-order valence-electron chi connectivity index (χ3n) is 2.19. The van der Waals surface area contributed by atoms with E-state index in [1.54, 1.807) is 17.1 Å². The molecule has 0 aliphatic carbocycles. The highest BCUT2D eigenvalue weighted by Gasteiger charge is 1.96. The van der Waals surface area contributed by atoms with E-state index >= 15 is 0 Å². The van der Waals surface area contributed by atoms with E-state index in [1.165, 1.54) is 19.5 Å². The lowest BCUT2D eigenvalue weighted by atomic mass is 10.2. The molecule has 5 heteroatoms. The van der Waals surface area contributed by atoms with E-state index in [0.29, 0.717) is 0 Å². The largest absolute Gasteiger partial charge is 0.466 e. The van der Waals surface area contributed by atoms with Crippen molar-refractivity contribution in [3.05, 3.63) is 48.6 Å². The number of aromatic nitrogens is 3. The highest BCUT2D eigenvalue weighted by atomic mass is 16.5. The van der Waals surface area contributed by atoms with E-state index in [1.807, 2.05) is 24.3 Å². The standard InChI is InChI=1S/C12H11N3O2/c1-17-12(16)7-4-10-2-5-11(6-3-10)15-9-13-8-14-15/h2-9H,1H3/b7-4+. The van der Waals surface area contributed by atoms with Gasteiger partial charge in [0.15, 0.2) is 0 Å². The van der Waals surface area contributed by atoms with Crippen LogP contribution in [0.15, 0.2) is 43.0 Å². The van der Waals surface area contributed by atoms with Crippen LogP contribution in [0.25, 0.3) is 11.8 Å². The van der Waals surface area contributed by atoms with Gasteiger partial charge >= 0.3 is 5.97 Å². The van der Waals surface area contributed by atoms with Gasteiger partial charge in [-0.15, -0.1) is 0 Å². The molecule has 0 fully saturated rings. The molecule has 0 atom stereocenters. The molecule has 0 N–H and O–H groups in total. The van der Waals surface area contributed by atoms with Gasteiger partial charge in [0.1, 0.15) is 12.7 Å². The Hall–Kier alpha value is -2.43. The fraction of sp³-hybridized carbons (Fsp3) is 0.0833. The molecule has 0 aliphatic heterocycles. The zero-order chi connectivity index (χ0) is 12.1. The number of carbonyl (C=O) groups excluding carboxylic acids is 1. The lowest BCUT2D eigenvalue weighted by molar-refractivity contribution is -0.134. The average Bonchev–Trinajstić information content (AvgIpc) is 2.90. The summed E-state index contributed by atoms with van der Waals surface area (Å²) in [4.78, 5) is 14.8. The zero-order valence-corrected chi connectivity index (χ0v) is 9.28. The first-order chi connectivity index (χ1) is 8.29. The third kappa shape index (κ3) is 2.78. The Balaban J connectivity index is 2.14. The molecule has 0 bridgehead atoms. The number of hydrogen-bond donors (Lipinski definition) is 0. The van der Waals surface area contributed by atoms with Gasteiger partial charge in [-0.1, -0.05) is 12.1 Å². The van der Waals surface area contributed by atoms with Crippen LogP contribution in [0.4, 0.5) is 0 Å². The van der Waals surface area contributed by atoms with Gasteiger partial charge in [-0.3, -0.25) is 0 Å². The van der Waals surface area contributed by atoms with Crippen LogP contribution >= 0.6 is 0 Å². The molecule has 1 heterocycles. The van der Waals surface area contributed by atoms with Crippen LogP contribution in [0.1, 0.15) is 5.56 Å². The summed E-state index contributed by atoms with van der Waals surface area (Å²) in [7, 11) is 1.35. The van der Waals surface area contributed by atoms with Crippen molar-refractivity contribution in [2.75, 3.05) is 7.11 Å². The predicted molar refractivity (Wildman–Crippen MR) is 62.4 cm³/mol. The lowest BCUT2D eigenvalue weighted by Crippen LogP contribution is -1.94. The molecular weight excluding hydrogens is 218 g/mol. The first-order valence-electron chi connectivity index (χ1n) is 5.00. The quantitative estimate of drug-likeness (QED) is 0.590. The number of hydrogen-bond acceptors (Lipinski definition) is 4. The van der Waals surface area contributed by atoms with Crippen LogP contribution in [-0.2, 0) is 9.53 Å². The summed E-state index contributed by atoms with van der Waals surface area (Å²) in [5.74, 6) is -0.370. The molecular formula is C12H11N3O2. The number of ether oxygens (including phenoxy) is 1. The summed E-state index contributed by atoms with van der Waals surface area (Å²) in [5, 5.41) is 4.02. The summed E-state index contributed by atoms with van der Waals surface area (Å²) in [6.45, 7) is 0. The molecule has 2 aromatic rings. The zero-order valence-electron chi connectivity index (χ0n) is 9.28. The van der Waals surface area contributed by atoms with Crippen LogP contribution in [0.5, 0.6) is 0 Å². The summed E-state index contributed by atoms with van der Waals surface area (Å²) >= 11 is 0. The molecule has 0 spiro atoms. The first kappa shape index (κ1) is 11.1. The average molecular weight is 229 g/mol. The number of rotatable bonds is 3. The molecule has 1 aromatic heterocycles. The van der Waals surface area contributed by atoms with Crippen LogP contribution in [0.3, 0.4) is 0 Å². The van der Waals surface area contributed by atoms with Crippen molar-refractivity contribution in [2.24, 2.45) is 0 Å². The van der Waals surface area contributed by atoms with Gasteiger partial charge in [0.05, 0.1) is 12.8 Å². The number of benzene rings is 1. The molecule has 0 unspecified atom stereocenters. The fourth-order valence-corrected chi connectivity index (χ4v) is 1.31. The van der Waals surface area contributed by atoms with Crippen molar-refractivity contribution >= 4 is 12.0 Å². The molecule has 1 aromatic carbocycles. The second-order valence-corrected chi connectivity index (χ2v) is 3.29. The summed E-state index contributed by atoms with van der Waals surface area (Å²) in [6, 6.07) is 7.56. The molecule has 0 aliphatic rings. The molecule has 0 saturated heterocycles. The molecule has 5 nitrogen and oxygen atoms in total. The third-order valence-corrected chi connectivity index (χ3v) is 2.19. The van der Waals surface area contributed by atoms with E-state index in [0.717, 1.165) is 11.3 Å². The molecule has 17 heavy (non-hydrogen) atoms. The summed E-state index contributed by atoms with van der Waals surface area (Å²) in [5.41, 5.74) is 1.83. The monoisotopic (exact) mass is 229 g/mol. The van der Waals surface area contributed by atoms with E-state index < -0.39 is 0 Å². The maximum atomic E-state index is 10.9. The fourth-order valence-electron chi connectivity index (χ4n) is 1.31. The van der Waals surface area contributed by atoms with Crippen LogP contribution in [0, 0.1) is 0 Å². The summed E-state index contributed by atoms with van der Waals surface area (Å²) in [6.07, 6.45) is 6.17. The molecule has 0 radical (unpaired) electrons. The molecule has 0 saturated carbocycles. The van der Waals surface area contributed by atoms with Gasteiger partial charge in [-0.25, -0.2) is 14.5 Å². The van der Waals surface area contributed by atoms with Crippen LogP contribution < -0.4 is 0 Å². The first-order valence-corrected chi connectivity index (χ1v) is 5.00. The van der Waals surface area contributed by atoms with Crippen molar-refractivity contribution in [3.8, 4) is 5.69 Å². The Morgan fingerprint density at radius 2 is 2.12 bits per heavy atom. The van der Waals surface area contributed by atoms with Crippen LogP contribution in [-0.4, -0.2) is 27.8 Å². The van der Waals surface area contributed by atoms with Crippen LogP contribution in [0.2, 0.25) is 0 Å². The number of carbonyl (C=O) groups is 1. The second kappa shape index (κ2) is 5.07. The van der Waals surface area contributed by atoms with E-state index in [-0.39, 0.29) is 5.97 Å². The highest BCUT2D eigenvalue weighted by Crippen LogP contribution is 2.09. The van der Waals surface area contributed by atoms with Gasteiger partial charge in [-0.05, 0) is 23.8 Å². The Morgan fingerprint density at radius 3 is 2.71 bits per heavy atom. The minimum atomic E-state index is -0.370. The molecule has 2 rings (SSSR count). The maximum absolute atomic E-state index is 10.9. The lowest BCUT2D eigenvalue weighted by Gasteiger charge is -2.00. The van der Waals surface area contributed by atoms with Gasteiger partial charge in [0.2, 0.25) is 0 Å². The minimum absolute atomic E-state index is 0.370. The Kier molecular flexibility index (Phi) is 3.30. The Morgan fingerprint density at radius 1 is 1.35 bits per heavy atom. The van der Waals surface area contributed by atoms with Gasteiger partial charge in [0.25, 0.3) is 0 Å². The predicted octanol–water partition coefficient (Wildman–Crippen LogP) is 1.45. The van der Waals surface area contributed by atoms with Gasteiger partial charge < -0.3 is 4.74 Å². The van der Waals surface area contributed by atoms with Crippen molar-refractivity contribution in [1.82, 2.24) is 14.8 Å². The van der Waals surface area contributed by atoms with Crippen molar-refractivity contribution in [1.29, 1.82) is 0 Å². The highest BCUT2D eigenvalue weighted by molar-refractivity contribution is 5.86. The van der Waals surface area contributed by atoms with Gasteiger partial charge in [-0.2, -0.15) is 5.10 Å². The SMILES string of the molecule is COC(=O)/C=C/c1ccc(-n2cncn2)cc1. The van der Waals surface area contributed by atoms with Crippen molar-refractivity contribution < 1.29 is 9.53 Å². The van der Waals surface area contributed by atoms with E-state index in [9.17, 15) is 4.79 Å². The Bertz CT molecular complexity index is 515.